The van der Waals surface area contributed by atoms with Crippen molar-refractivity contribution in [3.63, 3.8) is 0 Å². The SMILES string of the molecule is CC(=Cc1ccccc1)C(=O)Nc1ccc(Cl)cc1Cl. The maximum atomic E-state index is 12.1. The van der Waals surface area contributed by atoms with Gasteiger partial charge in [-0.3, -0.25) is 4.79 Å². The highest BCUT2D eigenvalue weighted by atomic mass is 35.5. The molecule has 0 aliphatic carbocycles. The van der Waals surface area contributed by atoms with Gasteiger partial charge in [0.15, 0.2) is 0 Å². The van der Waals surface area contributed by atoms with Gasteiger partial charge in [0, 0.05) is 10.6 Å². The van der Waals surface area contributed by atoms with Crippen LogP contribution < -0.4 is 5.32 Å². The molecule has 0 atom stereocenters. The third kappa shape index (κ3) is 3.86. The van der Waals surface area contributed by atoms with Gasteiger partial charge < -0.3 is 5.32 Å². The zero-order valence-corrected chi connectivity index (χ0v) is 12.4. The van der Waals surface area contributed by atoms with Crippen LogP contribution in [0.5, 0.6) is 0 Å². The van der Waals surface area contributed by atoms with Gasteiger partial charge in [-0.2, -0.15) is 0 Å². The van der Waals surface area contributed by atoms with Gasteiger partial charge in [0.2, 0.25) is 0 Å². The quantitative estimate of drug-likeness (QED) is 0.791. The van der Waals surface area contributed by atoms with Crippen LogP contribution in [-0.4, -0.2) is 5.91 Å². The van der Waals surface area contributed by atoms with Gasteiger partial charge in [0.1, 0.15) is 0 Å². The fourth-order valence-corrected chi connectivity index (χ4v) is 2.13. The second-order valence-electron chi connectivity index (χ2n) is 4.32. The van der Waals surface area contributed by atoms with Crippen molar-refractivity contribution < 1.29 is 4.79 Å². The first kappa shape index (κ1) is 14.6. The van der Waals surface area contributed by atoms with E-state index in [1.54, 1.807) is 25.1 Å². The number of carbonyl (C=O) groups excluding carboxylic acids is 1. The number of hydrogen-bond donors (Lipinski definition) is 1. The highest BCUT2D eigenvalue weighted by Gasteiger charge is 2.08. The van der Waals surface area contributed by atoms with Gasteiger partial charge in [-0.15, -0.1) is 0 Å². The second kappa shape index (κ2) is 6.60. The highest BCUT2D eigenvalue weighted by Crippen LogP contribution is 2.25. The Balaban J connectivity index is 2.14. The van der Waals surface area contributed by atoms with Crippen LogP contribution in [0.4, 0.5) is 5.69 Å². The molecule has 1 N–H and O–H groups in total. The number of anilines is 1. The molecular weight excluding hydrogens is 293 g/mol. The molecule has 2 nitrogen and oxygen atoms in total. The van der Waals surface area contributed by atoms with Crippen LogP contribution in [0.15, 0.2) is 54.1 Å². The molecule has 0 aliphatic rings. The number of nitrogens with one attached hydrogen (secondary N) is 1. The zero-order chi connectivity index (χ0) is 14.5. The van der Waals surface area contributed by atoms with Crippen molar-refractivity contribution in [2.45, 2.75) is 6.92 Å². The topological polar surface area (TPSA) is 29.1 Å². The van der Waals surface area contributed by atoms with Gasteiger partial charge in [-0.25, -0.2) is 0 Å². The van der Waals surface area contributed by atoms with E-state index in [0.29, 0.717) is 21.3 Å². The number of amides is 1. The van der Waals surface area contributed by atoms with Crippen molar-refractivity contribution in [1.29, 1.82) is 0 Å². The Hall–Kier alpha value is -1.77. The van der Waals surface area contributed by atoms with Gasteiger partial charge in [0.05, 0.1) is 10.7 Å². The van der Waals surface area contributed by atoms with Crippen LogP contribution in [0, 0.1) is 0 Å². The van der Waals surface area contributed by atoms with Crippen LogP contribution in [0.3, 0.4) is 0 Å². The molecule has 0 aromatic heterocycles. The summed E-state index contributed by atoms with van der Waals surface area (Å²) in [6.07, 6.45) is 1.82. The number of carbonyl (C=O) groups is 1. The van der Waals surface area contributed by atoms with Crippen molar-refractivity contribution in [3.05, 3.63) is 69.7 Å². The minimum atomic E-state index is -0.196. The molecule has 0 heterocycles. The maximum Gasteiger partial charge on any atom is 0.251 e. The molecule has 0 unspecified atom stereocenters. The van der Waals surface area contributed by atoms with Crippen molar-refractivity contribution in [1.82, 2.24) is 0 Å². The lowest BCUT2D eigenvalue weighted by Gasteiger charge is -2.07. The Morgan fingerprint density at radius 1 is 1.10 bits per heavy atom. The molecule has 20 heavy (non-hydrogen) atoms. The van der Waals surface area contributed by atoms with E-state index in [1.165, 1.54) is 0 Å². The molecular formula is C16H13Cl2NO. The minimum absolute atomic E-state index is 0.196. The van der Waals surface area contributed by atoms with E-state index >= 15 is 0 Å². The lowest BCUT2D eigenvalue weighted by Crippen LogP contribution is -2.12. The van der Waals surface area contributed by atoms with Crippen LogP contribution in [0.2, 0.25) is 10.0 Å². The summed E-state index contributed by atoms with van der Waals surface area (Å²) in [5.74, 6) is -0.196. The van der Waals surface area contributed by atoms with Crippen molar-refractivity contribution in [2.75, 3.05) is 5.32 Å². The molecule has 0 fully saturated rings. The first-order valence-electron chi connectivity index (χ1n) is 6.06. The van der Waals surface area contributed by atoms with Gasteiger partial charge in [0.25, 0.3) is 5.91 Å². The first-order chi connectivity index (χ1) is 9.56. The normalized spacial score (nSPS) is 11.2. The summed E-state index contributed by atoms with van der Waals surface area (Å²) in [5.41, 5.74) is 2.12. The number of rotatable bonds is 3. The van der Waals surface area contributed by atoms with E-state index in [-0.39, 0.29) is 5.91 Å². The van der Waals surface area contributed by atoms with Crippen molar-refractivity contribution in [3.8, 4) is 0 Å². The van der Waals surface area contributed by atoms with E-state index in [0.717, 1.165) is 5.56 Å². The van der Waals surface area contributed by atoms with Gasteiger partial charge in [-0.1, -0.05) is 53.5 Å². The second-order valence-corrected chi connectivity index (χ2v) is 5.16. The number of benzene rings is 2. The predicted octanol–water partition coefficient (Wildman–Crippen LogP) is 5.04. The smallest absolute Gasteiger partial charge is 0.251 e. The molecule has 2 aromatic rings. The van der Waals surface area contributed by atoms with Crippen LogP contribution >= 0.6 is 23.2 Å². The number of hydrogen-bond acceptors (Lipinski definition) is 1. The Morgan fingerprint density at radius 2 is 1.80 bits per heavy atom. The lowest BCUT2D eigenvalue weighted by molar-refractivity contribution is -0.112. The molecule has 102 valence electrons. The summed E-state index contributed by atoms with van der Waals surface area (Å²) in [6.45, 7) is 1.76. The van der Waals surface area contributed by atoms with Crippen LogP contribution in [-0.2, 0) is 4.79 Å². The Morgan fingerprint density at radius 3 is 2.45 bits per heavy atom. The average Bonchev–Trinajstić information content (AvgIpc) is 2.43. The minimum Gasteiger partial charge on any atom is -0.321 e. The van der Waals surface area contributed by atoms with Crippen molar-refractivity contribution >= 4 is 40.9 Å². The van der Waals surface area contributed by atoms with E-state index in [1.807, 2.05) is 36.4 Å². The molecule has 0 spiro atoms. The third-order valence-corrected chi connectivity index (χ3v) is 3.27. The highest BCUT2D eigenvalue weighted by molar-refractivity contribution is 6.36. The third-order valence-electron chi connectivity index (χ3n) is 2.72. The summed E-state index contributed by atoms with van der Waals surface area (Å²) in [7, 11) is 0. The molecule has 0 bridgehead atoms. The van der Waals surface area contributed by atoms with Crippen LogP contribution in [0.25, 0.3) is 6.08 Å². The summed E-state index contributed by atoms with van der Waals surface area (Å²) < 4.78 is 0. The van der Waals surface area contributed by atoms with E-state index in [2.05, 4.69) is 5.32 Å². The first-order valence-corrected chi connectivity index (χ1v) is 6.81. The summed E-state index contributed by atoms with van der Waals surface area (Å²) >= 11 is 11.8. The Labute approximate surface area is 128 Å². The summed E-state index contributed by atoms with van der Waals surface area (Å²) in [6, 6.07) is 14.6. The molecule has 0 saturated carbocycles. The molecule has 0 saturated heterocycles. The average molecular weight is 306 g/mol. The lowest BCUT2D eigenvalue weighted by atomic mass is 10.1. The van der Waals surface area contributed by atoms with Gasteiger partial charge >= 0.3 is 0 Å². The molecule has 1 amide bonds. The number of halogens is 2. The Kier molecular flexibility index (Phi) is 4.83. The predicted molar refractivity (Wildman–Crippen MR) is 85.2 cm³/mol. The fraction of sp³-hybridized carbons (Fsp3) is 0.0625. The molecule has 2 aromatic carbocycles. The molecule has 4 heteroatoms. The summed E-state index contributed by atoms with van der Waals surface area (Å²) in [5, 5.41) is 3.71. The fourth-order valence-electron chi connectivity index (χ4n) is 1.68. The zero-order valence-electron chi connectivity index (χ0n) is 10.9. The van der Waals surface area contributed by atoms with Crippen molar-refractivity contribution in [2.24, 2.45) is 0 Å². The standard InChI is InChI=1S/C16H13Cl2NO/c1-11(9-12-5-3-2-4-6-12)16(20)19-15-8-7-13(17)10-14(15)18/h2-10H,1H3,(H,19,20). The summed E-state index contributed by atoms with van der Waals surface area (Å²) in [4.78, 5) is 12.1. The molecule has 0 aliphatic heterocycles. The monoisotopic (exact) mass is 305 g/mol. The largest absolute Gasteiger partial charge is 0.321 e. The Bertz CT molecular complexity index is 651. The van der Waals surface area contributed by atoms with Gasteiger partial charge in [-0.05, 0) is 36.8 Å². The molecule has 0 radical (unpaired) electrons. The van der Waals surface area contributed by atoms with Crippen LogP contribution in [0.1, 0.15) is 12.5 Å². The van der Waals surface area contributed by atoms with E-state index < -0.39 is 0 Å². The maximum absolute atomic E-state index is 12.1. The van der Waals surface area contributed by atoms with E-state index in [4.69, 9.17) is 23.2 Å². The van der Waals surface area contributed by atoms with E-state index in [9.17, 15) is 4.79 Å². The molecule has 2 rings (SSSR count).